The van der Waals surface area contributed by atoms with Gasteiger partial charge >= 0.3 is 0 Å². The lowest BCUT2D eigenvalue weighted by Crippen LogP contribution is -2.25. The summed E-state index contributed by atoms with van der Waals surface area (Å²) in [5, 5.41) is 3.55. The number of aryl methyl sites for hydroxylation is 2. The summed E-state index contributed by atoms with van der Waals surface area (Å²) < 4.78 is 15.4. The van der Waals surface area contributed by atoms with Crippen LogP contribution in [0, 0.1) is 5.82 Å². The highest BCUT2D eigenvalue weighted by atomic mass is 19.1. The van der Waals surface area contributed by atoms with E-state index in [2.05, 4.69) is 10.3 Å². The molecule has 1 aromatic carbocycles. The van der Waals surface area contributed by atoms with E-state index in [0.717, 1.165) is 27.7 Å². The zero-order valence-electron chi connectivity index (χ0n) is 16.3. The lowest BCUT2D eigenvalue weighted by atomic mass is 10.0. The van der Waals surface area contributed by atoms with Crippen molar-refractivity contribution < 1.29 is 14.0 Å². The number of nitrogens with one attached hydrogen (secondary N) is 1. The number of carbonyl (C=O) groups is 2. The highest BCUT2D eigenvalue weighted by Gasteiger charge is 2.16. The average Bonchev–Trinajstić information content (AvgIpc) is 3.00. The Labute approximate surface area is 167 Å². The van der Waals surface area contributed by atoms with Crippen LogP contribution in [0.15, 0.2) is 42.6 Å². The molecule has 29 heavy (non-hydrogen) atoms. The quantitative estimate of drug-likeness (QED) is 0.693. The molecule has 2 amide bonds. The van der Waals surface area contributed by atoms with Gasteiger partial charge in [-0.3, -0.25) is 9.59 Å². The maximum absolute atomic E-state index is 13.4. The zero-order valence-corrected chi connectivity index (χ0v) is 16.3. The first kappa shape index (κ1) is 18.9. The van der Waals surface area contributed by atoms with Crippen molar-refractivity contribution in [3.8, 4) is 0 Å². The van der Waals surface area contributed by atoms with Crippen molar-refractivity contribution >= 4 is 34.6 Å². The van der Waals surface area contributed by atoms with Crippen LogP contribution in [0.25, 0.3) is 17.0 Å². The first-order valence-corrected chi connectivity index (χ1v) is 9.36. The number of hydrogen-bond acceptors (Lipinski definition) is 3. The summed E-state index contributed by atoms with van der Waals surface area (Å²) in [5.41, 5.74) is 3.61. The molecule has 3 aromatic rings. The van der Waals surface area contributed by atoms with Crippen LogP contribution in [0.2, 0.25) is 0 Å². The number of halogens is 1. The summed E-state index contributed by atoms with van der Waals surface area (Å²) >= 11 is 0. The summed E-state index contributed by atoms with van der Waals surface area (Å²) in [6.45, 7) is 0.407. The molecule has 0 fully saturated rings. The third-order valence-corrected chi connectivity index (χ3v) is 5.16. The number of pyridine rings is 1. The molecule has 0 aliphatic carbocycles. The van der Waals surface area contributed by atoms with Gasteiger partial charge in [0.1, 0.15) is 11.6 Å². The SMILES string of the molecule is CN(Cc1cc2cc(F)ccc2n1C)C(=O)C=Cc1cnc2c(c1)CCC(=O)N2. The van der Waals surface area contributed by atoms with Crippen LogP contribution in [0.4, 0.5) is 10.2 Å². The van der Waals surface area contributed by atoms with E-state index < -0.39 is 0 Å². The minimum Gasteiger partial charge on any atom is -0.346 e. The van der Waals surface area contributed by atoms with E-state index in [9.17, 15) is 14.0 Å². The van der Waals surface area contributed by atoms with E-state index in [1.807, 2.05) is 23.7 Å². The molecule has 1 aliphatic rings. The molecule has 148 valence electrons. The van der Waals surface area contributed by atoms with Gasteiger partial charge in [-0.15, -0.1) is 0 Å². The van der Waals surface area contributed by atoms with Crippen LogP contribution < -0.4 is 5.32 Å². The van der Waals surface area contributed by atoms with Gasteiger partial charge in [-0.2, -0.15) is 0 Å². The van der Waals surface area contributed by atoms with Crippen LogP contribution in [0.5, 0.6) is 0 Å². The fourth-order valence-electron chi connectivity index (χ4n) is 3.51. The van der Waals surface area contributed by atoms with E-state index >= 15 is 0 Å². The molecule has 0 saturated carbocycles. The van der Waals surface area contributed by atoms with E-state index in [0.29, 0.717) is 25.2 Å². The van der Waals surface area contributed by atoms with Gasteiger partial charge in [-0.05, 0) is 54.0 Å². The summed E-state index contributed by atoms with van der Waals surface area (Å²) in [6, 6.07) is 8.49. The molecule has 0 atom stereocenters. The number of amides is 2. The lowest BCUT2D eigenvalue weighted by molar-refractivity contribution is -0.125. The Morgan fingerprint density at radius 2 is 2.14 bits per heavy atom. The van der Waals surface area contributed by atoms with E-state index in [4.69, 9.17) is 0 Å². The smallest absolute Gasteiger partial charge is 0.246 e. The number of hydrogen-bond donors (Lipinski definition) is 1. The third-order valence-electron chi connectivity index (χ3n) is 5.16. The van der Waals surface area contributed by atoms with Crippen LogP contribution >= 0.6 is 0 Å². The highest BCUT2D eigenvalue weighted by molar-refractivity contribution is 5.93. The van der Waals surface area contributed by atoms with Crippen molar-refractivity contribution in [2.45, 2.75) is 19.4 Å². The van der Waals surface area contributed by atoms with Gasteiger partial charge in [0.25, 0.3) is 0 Å². The van der Waals surface area contributed by atoms with Crippen LogP contribution in [-0.4, -0.2) is 33.3 Å². The highest BCUT2D eigenvalue weighted by Crippen LogP contribution is 2.22. The molecule has 4 rings (SSSR count). The number of likely N-dealkylation sites (N-methyl/N-ethyl adjacent to an activating group) is 1. The second-order valence-corrected chi connectivity index (χ2v) is 7.25. The average molecular weight is 392 g/mol. The molecule has 1 aliphatic heterocycles. The summed E-state index contributed by atoms with van der Waals surface area (Å²) in [7, 11) is 3.63. The molecule has 0 bridgehead atoms. The largest absolute Gasteiger partial charge is 0.346 e. The minimum atomic E-state index is -0.278. The van der Waals surface area contributed by atoms with Gasteiger partial charge in [0, 0.05) is 49.4 Å². The maximum Gasteiger partial charge on any atom is 0.246 e. The Bertz CT molecular complexity index is 1150. The van der Waals surface area contributed by atoms with E-state index in [1.165, 1.54) is 18.2 Å². The minimum absolute atomic E-state index is 0.0267. The fourth-order valence-corrected chi connectivity index (χ4v) is 3.51. The first-order chi connectivity index (χ1) is 13.9. The molecular weight excluding hydrogens is 371 g/mol. The molecule has 6 nitrogen and oxygen atoms in total. The Morgan fingerprint density at radius 3 is 2.97 bits per heavy atom. The topological polar surface area (TPSA) is 67.2 Å². The molecule has 1 N–H and O–H groups in total. The molecular formula is C22H21FN4O2. The number of aromatic nitrogens is 2. The number of benzene rings is 1. The van der Waals surface area contributed by atoms with Crippen molar-refractivity contribution in [2.24, 2.45) is 7.05 Å². The Hall–Kier alpha value is -3.48. The summed E-state index contributed by atoms with van der Waals surface area (Å²) in [6.07, 6.45) is 5.95. The normalized spacial score (nSPS) is 13.6. The molecule has 3 heterocycles. The molecule has 0 unspecified atom stereocenters. The summed E-state index contributed by atoms with van der Waals surface area (Å²) in [4.78, 5) is 29.8. The second-order valence-electron chi connectivity index (χ2n) is 7.25. The maximum atomic E-state index is 13.4. The second kappa shape index (κ2) is 7.50. The molecule has 0 saturated heterocycles. The van der Waals surface area contributed by atoms with Crippen molar-refractivity contribution in [1.82, 2.24) is 14.5 Å². The van der Waals surface area contributed by atoms with Gasteiger partial charge < -0.3 is 14.8 Å². The molecule has 2 aromatic heterocycles. The monoisotopic (exact) mass is 392 g/mol. The van der Waals surface area contributed by atoms with Gasteiger partial charge in [0.2, 0.25) is 11.8 Å². The Balaban J connectivity index is 1.46. The van der Waals surface area contributed by atoms with Crippen LogP contribution in [0.1, 0.15) is 23.2 Å². The number of carbonyl (C=O) groups excluding carboxylic acids is 2. The molecule has 0 radical (unpaired) electrons. The van der Waals surface area contributed by atoms with E-state index in [1.54, 1.807) is 30.3 Å². The van der Waals surface area contributed by atoms with Gasteiger partial charge in [0.15, 0.2) is 0 Å². The van der Waals surface area contributed by atoms with Crippen molar-refractivity contribution in [1.29, 1.82) is 0 Å². The Morgan fingerprint density at radius 1 is 1.31 bits per heavy atom. The lowest BCUT2D eigenvalue weighted by Gasteiger charge is -2.16. The summed E-state index contributed by atoms with van der Waals surface area (Å²) in [5.74, 6) is 0.142. The first-order valence-electron chi connectivity index (χ1n) is 9.36. The Kier molecular flexibility index (Phi) is 4.88. The third kappa shape index (κ3) is 3.89. The molecule has 7 heteroatoms. The van der Waals surface area contributed by atoms with Gasteiger partial charge in [-0.1, -0.05) is 0 Å². The van der Waals surface area contributed by atoms with Gasteiger partial charge in [0.05, 0.1) is 6.54 Å². The van der Waals surface area contributed by atoms with Crippen molar-refractivity contribution in [3.05, 3.63) is 65.2 Å². The molecule has 0 spiro atoms. The predicted octanol–water partition coefficient (Wildman–Crippen LogP) is 3.27. The number of fused-ring (bicyclic) bond motifs is 2. The zero-order chi connectivity index (χ0) is 20.5. The number of nitrogens with zero attached hydrogens (tertiary/aromatic N) is 3. The predicted molar refractivity (Wildman–Crippen MR) is 110 cm³/mol. The van der Waals surface area contributed by atoms with Gasteiger partial charge in [-0.25, -0.2) is 9.37 Å². The van der Waals surface area contributed by atoms with Crippen LogP contribution in [-0.2, 0) is 29.6 Å². The van der Waals surface area contributed by atoms with Crippen molar-refractivity contribution in [3.63, 3.8) is 0 Å². The van der Waals surface area contributed by atoms with Crippen LogP contribution in [0.3, 0.4) is 0 Å². The van der Waals surface area contributed by atoms with Crippen molar-refractivity contribution in [2.75, 3.05) is 12.4 Å². The standard InChI is InChI=1S/C22H21FN4O2/c1-26(13-18-11-16-10-17(23)5-6-19(16)27(18)2)21(29)8-3-14-9-15-4-7-20(28)25-22(15)24-12-14/h3,5-6,8-12H,4,7,13H2,1-2H3,(H,24,25,28). The van der Waals surface area contributed by atoms with E-state index in [-0.39, 0.29) is 17.6 Å². The number of anilines is 1. The fraction of sp³-hybridized carbons (Fsp3) is 0.227. The number of rotatable bonds is 4.